The molecule has 0 aromatic heterocycles. The number of amides is 1. The molecule has 2 aromatic carbocycles. The van der Waals surface area contributed by atoms with Crippen LogP contribution in [0.15, 0.2) is 48.5 Å². The second kappa shape index (κ2) is 9.61. The average Bonchev–Trinajstić information content (AvgIpc) is 3.27. The summed E-state index contributed by atoms with van der Waals surface area (Å²) in [6.45, 7) is 6.31. The van der Waals surface area contributed by atoms with Gasteiger partial charge in [-0.25, -0.2) is 0 Å². The zero-order valence-electron chi connectivity index (χ0n) is 16.6. The molecular formula is C23H28ClN3O2. The molecule has 154 valence electrons. The lowest BCUT2D eigenvalue weighted by molar-refractivity contribution is 0.0858. The van der Waals surface area contributed by atoms with Gasteiger partial charge in [-0.1, -0.05) is 29.8 Å². The van der Waals surface area contributed by atoms with Gasteiger partial charge in [0.25, 0.3) is 5.91 Å². The number of rotatable bonds is 6. The highest BCUT2D eigenvalue weighted by atomic mass is 35.5. The van der Waals surface area contributed by atoms with Gasteiger partial charge >= 0.3 is 0 Å². The predicted molar refractivity (Wildman–Crippen MR) is 117 cm³/mol. The Balaban J connectivity index is 1.24. The van der Waals surface area contributed by atoms with Gasteiger partial charge in [0.1, 0.15) is 0 Å². The lowest BCUT2D eigenvalue weighted by atomic mass is 10.1. The minimum atomic E-state index is -0.0258. The van der Waals surface area contributed by atoms with Gasteiger partial charge in [-0.3, -0.25) is 9.69 Å². The van der Waals surface area contributed by atoms with Crippen molar-refractivity contribution >= 4 is 23.2 Å². The fraction of sp³-hybridized carbons (Fsp3) is 0.435. The maximum Gasteiger partial charge on any atom is 0.251 e. The van der Waals surface area contributed by atoms with Crippen molar-refractivity contribution < 1.29 is 9.53 Å². The van der Waals surface area contributed by atoms with Crippen molar-refractivity contribution in [3.05, 3.63) is 64.7 Å². The molecule has 6 heteroatoms. The third kappa shape index (κ3) is 5.50. The molecule has 0 radical (unpaired) electrons. The van der Waals surface area contributed by atoms with Gasteiger partial charge in [0, 0.05) is 62.1 Å². The van der Waals surface area contributed by atoms with E-state index >= 15 is 0 Å². The maximum atomic E-state index is 12.3. The number of piperazine rings is 1. The zero-order chi connectivity index (χ0) is 20.1. The molecule has 5 nitrogen and oxygen atoms in total. The van der Waals surface area contributed by atoms with Crippen molar-refractivity contribution in [1.82, 2.24) is 10.2 Å². The van der Waals surface area contributed by atoms with Crippen LogP contribution in [0.5, 0.6) is 0 Å². The fourth-order valence-corrected chi connectivity index (χ4v) is 4.16. The molecule has 2 heterocycles. The lowest BCUT2D eigenvalue weighted by Gasteiger charge is -2.36. The number of carbonyl (C=O) groups excluding carboxylic acids is 1. The molecule has 2 aliphatic rings. The van der Waals surface area contributed by atoms with E-state index in [1.807, 2.05) is 30.3 Å². The van der Waals surface area contributed by atoms with Crippen LogP contribution in [0.3, 0.4) is 0 Å². The van der Waals surface area contributed by atoms with E-state index in [4.69, 9.17) is 16.3 Å². The molecule has 1 amide bonds. The molecule has 0 unspecified atom stereocenters. The minimum absolute atomic E-state index is 0.0258. The highest BCUT2D eigenvalue weighted by Gasteiger charge is 2.18. The second-order valence-electron chi connectivity index (χ2n) is 7.79. The molecule has 0 spiro atoms. The van der Waals surface area contributed by atoms with Crippen molar-refractivity contribution in [1.29, 1.82) is 0 Å². The summed E-state index contributed by atoms with van der Waals surface area (Å²) in [5.41, 5.74) is 3.13. The molecule has 2 aliphatic heterocycles. The molecule has 4 rings (SSSR count). The molecule has 1 N–H and O–H groups in total. The Morgan fingerprint density at radius 3 is 2.59 bits per heavy atom. The minimum Gasteiger partial charge on any atom is -0.376 e. The molecule has 0 aliphatic carbocycles. The van der Waals surface area contributed by atoms with Crippen molar-refractivity contribution in [2.24, 2.45) is 0 Å². The Morgan fingerprint density at radius 2 is 1.90 bits per heavy atom. The van der Waals surface area contributed by atoms with E-state index in [2.05, 4.69) is 33.3 Å². The Labute approximate surface area is 177 Å². The number of anilines is 1. The standard InChI is InChI=1S/C23H28ClN3O2/c24-20-3-1-4-21(15-20)27-12-10-26(11-13-27)17-18-6-8-19(9-7-18)23(28)25-16-22-5-2-14-29-22/h1,3-4,6-9,15,22H,2,5,10-14,16-17H2,(H,25,28)/t22-/m1/s1. The Bertz CT molecular complexity index is 813. The normalized spacial score (nSPS) is 20.0. The van der Waals surface area contributed by atoms with E-state index in [1.54, 1.807) is 0 Å². The van der Waals surface area contributed by atoms with Crippen LogP contribution in [0.2, 0.25) is 5.02 Å². The van der Waals surface area contributed by atoms with Gasteiger partial charge in [-0.2, -0.15) is 0 Å². The SMILES string of the molecule is O=C(NC[C@H]1CCCO1)c1ccc(CN2CCN(c3cccc(Cl)c3)CC2)cc1. The highest BCUT2D eigenvalue weighted by molar-refractivity contribution is 6.30. The number of halogens is 1. The summed E-state index contributed by atoms with van der Waals surface area (Å²) in [6.07, 6.45) is 2.29. The van der Waals surface area contributed by atoms with Gasteiger partial charge in [0.2, 0.25) is 0 Å². The van der Waals surface area contributed by atoms with E-state index in [9.17, 15) is 4.79 Å². The van der Waals surface area contributed by atoms with E-state index in [1.165, 1.54) is 11.3 Å². The highest BCUT2D eigenvalue weighted by Crippen LogP contribution is 2.21. The van der Waals surface area contributed by atoms with Crippen LogP contribution in [0.1, 0.15) is 28.8 Å². The third-order valence-electron chi connectivity index (χ3n) is 5.68. The van der Waals surface area contributed by atoms with E-state index < -0.39 is 0 Å². The summed E-state index contributed by atoms with van der Waals surface area (Å²) in [6, 6.07) is 16.0. The zero-order valence-corrected chi connectivity index (χ0v) is 17.4. The number of nitrogens with zero attached hydrogens (tertiary/aromatic N) is 2. The topological polar surface area (TPSA) is 44.8 Å². The summed E-state index contributed by atoms with van der Waals surface area (Å²) < 4.78 is 5.55. The van der Waals surface area contributed by atoms with Crippen molar-refractivity contribution in [2.75, 3.05) is 44.2 Å². The molecule has 2 saturated heterocycles. The first-order chi connectivity index (χ1) is 14.2. The fourth-order valence-electron chi connectivity index (χ4n) is 3.97. The largest absolute Gasteiger partial charge is 0.376 e. The predicted octanol–water partition coefficient (Wildman–Crippen LogP) is 3.57. The lowest BCUT2D eigenvalue weighted by Crippen LogP contribution is -2.45. The number of carbonyl (C=O) groups is 1. The van der Waals surface area contributed by atoms with Crippen LogP contribution >= 0.6 is 11.6 Å². The first kappa shape index (κ1) is 20.2. The van der Waals surface area contributed by atoms with E-state index in [0.29, 0.717) is 12.1 Å². The van der Waals surface area contributed by atoms with Crippen molar-refractivity contribution in [3.63, 3.8) is 0 Å². The van der Waals surface area contributed by atoms with E-state index in [-0.39, 0.29) is 12.0 Å². The smallest absolute Gasteiger partial charge is 0.251 e. The molecule has 1 atom stereocenters. The van der Waals surface area contributed by atoms with Crippen LogP contribution in [-0.4, -0.2) is 56.2 Å². The van der Waals surface area contributed by atoms with Gasteiger partial charge in [0.15, 0.2) is 0 Å². The van der Waals surface area contributed by atoms with Gasteiger partial charge in [0.05, 0.1) is 6.10 Å². The average molecular weight is 414 g/mol. The Kier molecular flexibility index (Phi) is 6.70. The third-order valence-corrected chi connectivity index (χ3v) is 5.92. The summed E-state index contributed by atoms with van der Waals surface area (Å²) in [5, 5.41) is 3.76. The number of ether oxygens (including phenoxy) is 1. The van der Waals surface area contributed by atoms with Gasteiger partial charge in [-0.15, -0.1) is 0 Å². The second-order valence-corrected chi connectivity index (χ2v) is 8.22. The molecule has 0 bridgehead atoms. The number of hydrogen-bond donors (Lipinski definition) is 1. The van der Waals surface area contributed by atoms with Crippen LogP contribution in [0.25, 0.3) is 0 Å². The molecule has 29 heavy (non-hydrogen) atoms. The molecule has 2 fully saturated rings. The van der Waals surface area contributed by atoms with Crippen molar-refractivity contribution in [3.8, 4) is 0 Å². The van der Waals surface area contributed by atoms with Crippen LogP contribution < -0.4 is 10.2 Å². The first-order valence-electron chi connectivity index (χ1n) is 10.4. The monoisotopic (exact) mass is 413 g/mol. The number of nitrogens with one attached hydrogen (secondary N) is 1. The Morgan fingerprint density at radius 1 is 1.10 bits per heavy atom. The molecular weight excluding hydrogens is 386 g/mol. The summed E-state index contributed by atoms with van der Waals surface area (Å²) in [7, 11) is 0. The van der Waals surface area contributed by atoms with E-state index in [0.717, 1.165) is 57.2 Å². The van der Waals surface area contributed by atoms with Gasteiger partial charge < -0.3 is 15.0 Å². The quantitative estimate of drug-likeness (QED) is 0.786. The Hall–Kier alpha value is -2.08. The van der Waals surface area contributed by atoms with Gasteiger partial charge in [-0.05, 0) is 48.7 Å². The number of hydrogen-bond acceptors (Lipinski definition) is 4. The first-order valence-corrected chi connectivity index (χ1v) is 10.8. The van der Waals surface area contributed by atoms with Crippen molar-refractivity contribution in [2.45, 2.75) is 25.5 Å². The summed E-state index contributed by atoms with van der Waals surface area (Å²) >= 11 is 6.12. The summed E-state index contributed by atoms with van der Waals surface area (Å²) in [5.74, 6) is -0.0258. The van der Waals surface area contributed by atoms with Crippen LogP contribution in [0, 0.1) is 0 Å². The number of benzene rings is 2. The molecule has 2 aromatic rings. The van der Waals surface area contributed by atoms with Crippen LogP contribution in [0.4, 0.5) is 5.69 Å². The van der Waals surface area contributed by atoms with Crippen LogP contribution in [-0.2, 0) is 11.3 Å². The maximum absolute atomic E-state index is 12.3. The summed E-state index contributed by atoms with van der Waals surface area (Å²) in [4.78, 5) is 17.1. The molecule has 0 saturated carbocycles.